The predicted molar refractivity (Wildman–Crippen MR) is 107 cm³/mol. The van der Waals surface area contributed by atoms with Gasteiger partial charge in [-0.2, -0.15) is 0 Å². The fraction of sp³-hybridized carbons (Fsp3) is 0.211. The van der Waals surface area contributed by atoms with Crippen LogP contribution in [0.15, 0.2) is 39.2 Å². The van der Waals surface area contributed by atoms with Crippen LogP contribution in [-0.4, -0.2) is 19.0 Å². The minimum absolute atomic E-state index is 0.0851. The van der Waals surface area contributed by atoms with E-state index in [0.29, 0.717) is 21.5 Å². The van der Waals surface area contributed by atoms with E-state index < -0.39 is 11.9 Å². The van der Waals surface area contributed by atoms with Crippen LogP contribution in [0.3, 0.4) is 0 Å². The van der Waals surface area contributed by atoms with Gasteiger partial charge in [0.1, 0.15) is 16.1 Å². The molecule has 1 aromatic carbocycles. The van der Waals surface area contributed by atoms with Crippen molar-refractivity contribution in [2.45, 2.75) is 19.8 Å². The highest BCUT2D eigenvalue weighted by Gasteiger charge is 2.20. The lowest BCUT2D eigenvalue weighted by Gasteiger charge is -2.06. The Kier molecular flexibility index (Phi) is 5.76. The molecule has 140 valence electrons. The van der Waals surface area contributed by atoms with E-state index >= 15 is 0 Å². The number of anilines is 1. The first-order valence-electron chi connectivity index (χ1n) is 8.23. The fourth-order valence-corrected chi connectivity index (χ4v) is 4.14. The van der Waals surface area contributed by atoms with Gasteiger partial charge < -0.3 is 14.5 Å². The standard InChI is InChI=1S/C19H17BrN2O4S/c1-3-4-12-9-14(19(24)25-2)18(27-12)22-17(23)13-8-10-7-11(20)5-6-15(10)26-16(13)21/h5-9,21H,3-4H2,1-2H3,(H,22,23). The molecule has 6 nitrogen and oxygen atoms in total. The number of hydrogen-bond acceptors (Lipinski definition) is 6. The van der Waals surface area contributed by atoms with Crippen molar-refractivity contribution in [2.24, 2.45) is 0 Å². The number of halogens is 1. The Morgan fingerprint density at radius 3 is 2.74 bits per heavy atom. The number of esters is 1. The van der Waals surface area contributed by atoms with Crippen LogP contribution in [0.4, 0.5) is 5.00 Å². The summed E-state index contributed by atoms with van der Waals surface area (Å²) in [4.78, 5) is 25.7. The van der Waals surface area contributed by atoms with E-state index in [1.165, 1.54) is 18.4 Å². The van der Waals surface area contributed by atoms with Crippen LogP contribution in [0.25, 0.3) is 11.0 Å². The van der Waals surface area contributed by atoms with Gasteiger partial charge in [-0.3, -0.25) is 10.2 Å². The average molecular weight is 449 g/mol. The summed E-state index contributed by atoms with van der Waals surface area (Å²) < 4.78 is 11.1. The number of carbonyl (C=O) groups is 2. The molecule has 0 aliphatic carbocycles. The van der Waals surface area contributed by atoms with Crippen LogP contribution in [0.1, 0.15) is 38.9 Å². The molecule has 0 aliphatic rings. The monoisotopic (exact) mass is 448 g/mol. The van der Waals surface area contributed by atoms with Gasteiger partial charge in [-0.05, 0) is 36.8 Å². The summed E-state index contributed by atoms with van der Waals surface area (Å²) >= 11 is 4.71. The molecule has 1 amide bonds. The summed E-state index contributed by atoms with van der Waals surface area (Å²) in [7, 11) is 1.30. The Morgan fingerprint density at radius 1 is 1.26 bits per heavy atom. The van der Waals surface area contributed by atoms with Crippen molar-refractivity contribution in [3.63, 3.8) is 0 Å². The molecule has 8 heteroatoms. The second-order valence-electron chi connectivity index (χ2n) is 5.82. The van der Waals surface area contributed by atoms with Gasteiger partial charge in [0.25, 0.3) is 5.91 Å². The van der Waals surface area contributed by atoms with Gasteiger partial charge in [-0.1, -0.05) is 29.3 Å². The minimum Gasteiger partial charge on any atom is -0.465 e. The van der Waals surface area contributed by atoms with Crippen LogP contribution in [0.5, 0.6) is 0 Å². The molecule has 0 aliphatic heterocycles. The summed E-state index contributed by atoms with van der Waals surface area (Å²) in [6.07, 6.45) is 1.72. The zero-order chi connectivity index (χ0) is 19.6. The molecule has 2 N–H and O–H groups in total. The molecule has 2 heterocycles. The number of hydrogen-bond donors (Lipinski definition) is 2. The van der Waals surface area contributed by atoms with E-state index in [4.69, 9.17) is 14.6 Å². The molecule has 3 rings (SSSR count). The maximum atomic E-state index is 12.7. The molecule has 0 fully saturated rings. The van der Waals surface area contributed by atoms with Crippen molar-refractivity contribution >= 4 is 55.1 Å². The van der Waals surface area contributed by atoms with Crippen molar-refractivity contribution in [3.8, 4) is 0 Å². The number of rotatable bonds is 5. The smallest absolute Gasteiger partial charge is 0.340 e. The number of ether oxygens (including phenoxy) is 1. The zero-order valence-corrected chi connectivity index (χ0v) is 17.1. The van der Waals surface area contributed by atoms with Crippen molar-refractivity contribution in [1.82, 2.24) is 0 Å². The summed E-state index contributed by atoms with van der Waals surface area (Å²) in [5, 5.41) is 11.8. The number of amides is 1. The van der Waals surface area contributed by atoms with Gasteiger partial charge in [0.15, 0.2) is 0 Å². The van der Waals surface area contributed by atoms with Gasteiger partial charge in [0.2, 0.25) is 5.55 Å². The second kappa shape index (κ2) is 8.06. The van der Waals surface area contributed by atoms with Gasteiger partial charge in [0.05, 0.1) is 12.7 Å². The third-order valence-corrected chi connectivity index (χ3v) is 5.49. The van der Waals surface area contributed by atoms with Gasteiger partial charge in [-0.25, -0.2) is 4.79 Å². The molecular weight excluding hydrogens is 432 g/mol. The second-order valence-corrected chi connectivity index (χ2v) is 7.87. The van der Waals surface area contributed by atoms with Crippen LogP contribution in [-0.2, 0) is 11.2 Å². The van der Waals surface area contributed by atoms with Crippen molar-refractivity contribution in [2.75, 3.05) is 12.4 Å². The zero-order valence-electron chi connectivity index (χ0n) is 14.7. The van der Waals surface area contributed by atoms with Gasteiger partial charge in [0, 0.05) is 14.7 Å². The van der Waals surface area contributed by atoms with E-state index in [1.54, 1.807) is 30.3 Å². The van der Waals surface area contributed by atoms with Crippen LogP contribution in [0, 0.1) is 5.41 Å². The largest absolute Gasteiger partial charge is 0.465 e. The topological polar surface area (TPSA) is 92.4 Å². The average Bonchev–Trinajstić information content (AvgIpc) is 3.03. The molecule has 0 saturated heterocycles. The van der Waals surface area contributed by atoms with Crippen LogP contribution < -0.4 is 10.9 Å². The maximum absolute atomic E-state index is 12.7. The summed E-state index contributed by atoms with van der Waals surface area (Å²) in [5.74, 6) is -1.03. The molecule has 0 unspecified atom stereocenters. The van der Waals surface area contributed by atoms with E-state index in [-0.39, 0.29) is 11.1 Å². The Labute approximate surface area is 167 Å². The maximum Gasteiger partial charge on any atom is 0.340 e. The molecule has 0 radical (unpaired) electrons. The highest BCUT2D eigenvalue weighted by Crippen LogP contribution is 2.30. The van der Waals surface area contributed by atoms with E-state index in [1.807, 2.05) is 6.92 Å². The number of methoxy groups -OCH3 is 1. The lowest BCUT2D eigenvalue weighted by atomic mass is 10.1. The van der Waals surface area contributed by atoms with Gasteiger partial charge in [-0.15, -0.1) is 11.3 Å². The summed E-state index contributed by atoms with van der Waals surface area (Å²) in [6.45, 7) is 2.04. The number of aryl methyl sites for hydroxylation is 1. The Morgan fingerprint density at radius 2 is 2.04 bits per heavy atom. The molecule has 3 aromatic rings. The Bertz CT molecular complexity index is 1090. The lowest BCUT2D eigenvalue weighted by molar-refractivity contribution is 0.0602. The first kappa shape index (κ1) is 19.3. The fourth-order valence-electron chi connectivity index (χ4n) is 2.62. The minimum atomic E-state index is -0.513. The normalized spacial score (nSPS) is 10.8. The van der Waals surface area contributed by atoms with E-state index in [2.05, 4.69) is 21.2 Å². The van der Waals surface area contributed by atoms with Crippen molar-refractivity contribution < 1.29 is 18.7 Å². The SMILES string of the molecule is CCCc1cc(C(=O)OC)c(NC(=O)c2cc3cc(Br)ccc3oc2=N)s1. The number of nitrogens with one attached hydrogen (secondary N) is 2. The first-order chi connectivity index (χ1) is 12.9. The summed E-state index contributed by atoms with van der Waals surface area (Å²) in [5.41, 5.74) is 0.664. The Balaban J connectivity index is 1.98. The highest BCUT2D eigenvalue weighted by atomic mass is 79.9. The molecule has 0 spiro atoms. The first-order valence-corrected chi connectivity index (χ1v) is 9.84. The highest BCUT2D eigenvalue weighted by molar-refractivity contribution is 9.10. The molecule has 0 atom stereocenters. The molecule has 27 heavy (non-hydrogen) atoms. The van der Waals surface area contributed by atoms with Crippen molar-refractivity contribution in [3.05, 3.63) is 56.4 Å². The molecular formula is C19H17BrN2O4S. The Hall–Kier alpha value is -2.45. The summed E-state index contributed by atoms with van der Waals surface area (Å²) in [6, 6.07) is 8.66. The van der Waals surface area contributed by atoms with E-state index in [0.717, 1.165) is 22.2 Å². The van der Waals surface area contributed by atoms with E-state index in [9.17, 15) is 9.59 Å². The quantitative estimate of drug-likeness (QED) is 0.551. The molecule has 2 aromatic heterocycles. The number of benzene rings is 1. The molecule has 0 bridgehead atoms. The lowest BCUT2D eigenvalue weighted by Crippen LogP contribution is -2.21. The van der Waals surface area contributed by atoms with Crippen LogP contribution in [0.2, 0.25) is 0 Å². The van der Waals surface area contributed by atoms with Crippen LogP contribution >= 0.6 is 27.3 Å². The number of fused-ring (bicyclic) bond motifs is 1. The third kappa shape index (κ3) is 4.12. The predicted octanol–water partition coefficient (Wildman–Crippen LogP) is 4.73. The number of thiophene rings is 1. The third-order valence-electron chi connectivity index (χ3n) is 3.88. The van der Waals surface area contributed by atoms with Gasteiger partial charge >= 0.3 is 5.97 Å². The molecule has 0 saturated carbocycles. The number of carbonyl (C=O) groups excluding carboxylic acids is 2. The van der Waals surface area contributed by atoms with Crippen molar-refractivity contribution in [1.29, 1.82) is 5.41 Å².